The first-order chi connectivity index (χ1) is 19.1. The summed E-state index contributed by atoms with van der Waals surface area (Å²) in [4.78, 5) is 58.4. The van der Waals surface area contributed by atoms with Crippen LogP contribution in [0.2, 0.25) is 0 Å². The fourth-order valence-electron chi connectivity index (χ4n) is 5.10. The van der Waals surface area contributed by atoms with Crippen molar-refractivity contribution in [3.8, 4) is 0 Å². The number of methoxy groups -OCH3 is 1. The Morgan fingerprint density at radius 2 is 1.93 bits per heavy atom. The molecule has 9 nitrogen and oxygen atoms in total. The summed E-state index contributed by atoms with van der Waals surface area (Å²) in [5, 5.41) is 6.50. The lowest BCUT2D eigenvalue weighted by molar-refractivity contribution is -0.116. The molecule has 0 aliphatic heterocycles. The van der Waals surface area contributed by atoms with Crippen molar-refractivity contribution >= 4 is 61.4 Å². The monoisotopic (exact) mass is 578 g/mol. The fraction of sp³-hybridized carbons (Fsp3) is 0.345. The smallest absolute Gasteiger partial charge is 0.341 e. The van der Waals surface area contributed by atoms with E-state index in [2.05, 4.69) is 22.5 Å². The first-order valence-corrected chi connectivity index (χ1v) is 14.6. The lowest BCUT2D eigenvalue weighted by Crippen LogP contribution is -2.28. The molecule has 3 heterocycles. The van der Waals surface area contributed by atoms with E-state index in [1.807, 2.05) is 32.0 Å². The molecule has 1 unspecified atom stereocenters. The van der Waals surface area contributed by atoms with Crippen molar-refractivity contribution in [2.45, 2.75) is 53.5 Å². The molecular formula is C29H30N4O5S2. The van der Waals surface area contributed by atoms with E-state index >= 15 is 0 Å². The molecule has 0 fully saturated rings. The maximum Gasteiger partial charge on any atom is 0.341 e. The SMILES string of the molecule is COC(=O)c1c(NC(=O)Cn2cnc3sc(C(=O)Nc4ccc(C)cc4C)c(C)c3c2=O)sc2c1CCC(C)C2. The second-order valence-corrected chi connectivity index (χ2v) is 12.4. The Bertz CT molecular complexity index is 1730. The zero-order chi connectivity index (χ0) is 28.7. The zero-order valence-electron chi connectivity index (χ0n) is 23.0. The molecule has 1 aliphatic rings. The van der Waals surface area contributed by atoms with E-state index in [9.17, 15) is 19.2 Å². The molecule has 1 aliphatic carbocycles. The van der Waals surface area contributed by atoms with E-state index in [0.717, 1.165) is 52.2 Å². The number of fused-ring (bicyclic) bond motifs is 2. The van der Waals surface area contributed by atoms with Crippen LogP contribution in [0.1, 0.15) is 60.5 Å². The number of amides is 2. The van der Waals surface area contributed by atoms with E-state index < -0.39 is 17.4 Å². The van der Waals surface area contributed by atoms with E-state index in [4.69, 9.17) is 4.74 Å². The minimum Gasteiger partial charge on any atom is -0.465 e. The number of aromatic nitrogens is 2. The van der Waals surface area contributed by atoms with Crippen molar-refractivity contribution in [3.05, 3.63) is 72.5 Å². The molecule has 4 aromatic rings. The van der Waals surface area contributed by atoms with Gasteiger partial charge < -0.3 is 15.4 Å². The predicted molar refractivity (Wildman–Crippen MR) is 158 cm³/mol. The maximum atomic E-state index is 13.4. The number of benzene rings is 1. The largest absolute Gasteiger partial charge is 0.465 e. The van der Waals surface area contributed by atoms with E-state index in [1.54, 1.807) is 6.92 Å². The summed E-state index contributed by atoms with van der Waals surface area (Å²) in [7, 11) is 1.32. The molecular weight excluding hydrogens is 548 g/mol. The van der Waals surface area contributed by atoms with Crippen LogP contribution in [-0.2, 0) is 28.9 Å². The number of ether oxygens (including phenoxy) is 1. The van der Waals surface area contributed by atoms with Gasteiger partial charge in [-0.15, -0.1) is 22.7 Å². The number of thiophene rings is 2. The van der Waals surface area contributed by atoms with Gasteiger partial charge in [-0.1, -0.05) is 24.6 Å². The number of aryl methyl sites for hydroxylation is 3. The summed E-state index contributed by atoms with van der Waals surface area (Å²) >= 11 is 2.53. The summed E-state index contributed by atoms with van der Waals surface area (Å²) in [5.74, 6) is -0.760. The molecule has 2 N–H and O–H groups in total. The third-order valence-electron chi connectivity index (χ3n) is 7.22. The molecule has 11 heteroatoms. The number of carbonyl (C=O) groups is 3. The summed E-state index contributed by atoms with van der Waals surface area (Å²) in [5.41, 5.74) is 4.18. The molecule has 0 radical (unpaired) electrons. The Labute approximate surface area is 239 Å². The minimum atomic E-state index is -0.483. The minimum absolute atomic E-state index is 0.291. The van der Waals surface area contributed by atoms with Gasteiger partial charge in [0.1, 0.15) is 16.4 Å². The van der Waals surface area contributed by atoms with Gasteiger partial charge in [0.05, 0.1) is 29.3 Å². The van der Waals surface area contributed by atoms with Crippen LogP contribution in [0.15, 0.2) is 29.3 Å². The zero-order valence-corrected chi connectivity index (χ0v) is 24.6. The predicted octanol–water partition coefficient (Wildman–Crippen LogP) is 5.25. The average molecular weight is 579 g/mol. The molecule has 40 heavy (non-hydrogen) atoms. The second-order valence-electron chi connectivity index (χ2n) is 10.3. The van der Waals surface area contributed by atoms with Gasteiger partial charge in [-0.25, -0.2) is 9.78 Å². The quantitative estimate of drug-likeness (QED) is 0.302. The number of nitrogens with one attached hydrogen (secondary N) is 2. The molecule has 0 saturated carbocycles. The number of hydrogen-bond acceptors (Lipinski definition) is 8. The normalized spacial score (nSPS) is 14.6. The van der Waals surface area contributed by atoms with Gasteiger partial charge in [-0.05, 0) is 68.7 Å². The Kier molecular flexibility index (Phi) is 7.61. The molecule has 1 atom stereocenters. The Hall–Kier alpha value is -3.83. The highest BCUT2D eigenvalue weighted by Crippen LogP contribution is 2.40. The highest BCUT2D eigenvalue weighted by Gasteiger charge is 2.29. The van der Waals surface area contributed by atoms with E-state index in [1.165, 1.54) is 29.3 Å². The molecule has 3 aromatic heterocycles. The van der Waals surface area contributed by atoms with Gasteiger partial charge in [0.15, 0.2) is 0 Å². The van der Waals surface area contributed by atoms with Crippen molar-refractivity contribution in [1.82, 2.24) is 9.55 Å². The van der Waals surface area contributed by atoms with Crippen molar-refractivity contribution in [1.29, 1.82) is 0 Å². The van der Waals surface area contributed by atoms with Crippen LogP contribution in [0.25, 0.3) is 10.2 Å². The van der Waals surface area contributed by atoms with Crippen LogP contribution in [-0.4, -0.2) is 34.4 Å². The van der Waals surface area contributed by atoms with Crippen LogP contribution in [0.5, 0.6) is 0 Å². The maximum absolute atomic E-state index is 13.4. The standard InChI is InChI=1S/C29H30N4O5S2/c1-14-7-9-19(16(3)10-14)31-25(35)24-17(4)22-26(40-24)30-13-33(28(22)36)12-21(34)32-27-23(29(37)38-5)18-8-6-15(2)11-20(18)39-27/h7,9-10,13,15H,6,8,11-12H2,1-5H3,(H,31,35)(H,32,34). The molecule has 5 rings (SSSR count). The lowest BCUT2D eigenvalue weighted by Gasteiger charge is -2.18. The topological polar surface area (TPSA) is 119 Å². The fourth-order valence-corrected chi connectivity index (χ4v) is 7.55. The van der Waals surface area contributed by atoms with Gasteiger partial charge in [0.25, 0.3) is 11.5 Å². The number of nitrogens with zero attached hydrogens (tertiary/aromatic N) is 2. The number of anilines is 2. The lowest BCUT2D eigenvalue weighted by atomic mass is 9.88. The van der Waals surface area contributed by atoms with Gasteiger partial charge in [-0.3, -0.25) is 19.0 Å². The van der Waals surface area contributed by atoms with Crippen LogP contribution >= 0.6 is 22.7 Å². The van der Waals surface area contributed by atoms with Crippen LogP contribution in [0, 0.1) is 26.7 Å². The number of rotatable bonds is 6. The van der Waals surface area contributed by atoms with Crippen molar-refractivity contribution < 1.29 is 19.1 Å². The Morgan fingerprint density at radius 1 is 1.15 bits per heavy atom. The number of hydrogen-bond donors (Lipinski definition) is 2. The third-order valence-corrected chi connectivity index (χ3v) is 9.59. The highest BCUT2D eigenvalue weighted by atomic mass is 32.1. The average Bonchev–Trinajstić information content (AvgIpc) is 3.43. The van der Waals surface area contributed by atoms with Gasteiger partial charge in [0, 0.05) is 10.6 Å². The van der Waals surface area contributed by atoms with Crippen molar-refractivity contribution in [2.75, 3.05) is 17.7 Å². The van der Waals surface area contributed by atoms with Crippen LogP contribution in [0.3, 0.4) is 0 Å². The summed E-state index contributed by atoms with van der Waals surface area (Å²) in [6.45, 7) is 7.49. The van der Waals surface area contributed by atoms with Crippen LogP contribution < -0.4 is 16.2 Å². The van der Waals surface area contributed by atoms with Crippen molar-refractivity contribution in [3.63, 3.8) is 0 Å². The first kappa shape index (κ1) is 27.7. The molecule has 2 amide bonds. The molecule has 0 spiro atoms. The Balaban J connectivity index is 1.39. The van der Waals surface area contributed by atoms with Gasteiger partial charge >= 0.3 is 5.97 Å². The second kappa shape index (κ2) is 11.0. The highest BCUT2D eigenvalue weighted by molar-refractivity contribution is 7.20. The summed E-state index contributed by atoms with van der Waals surface area (Å²) in [6, 6.07) is 5.76. The van der Waals surface area contributed by atoms with E-state index in [0.29, 0.717) is 42.8 Å². The van der Waals surface area contributed by atoms with Crippen molar-refractivity contribution in [2.24, 2.45) is 5.92 Å². The molecule has 1 aromatic carbocycles. The number of esters is 1. The molecule has 0 saturated heterocycles. The summed E-state index contributed by atoms with van der Waals surface area (Å²) in [6.07, 6.45) is 3.88. The Morgan fingerprint density at radius 3 is 2.65 bits per heavy atom. The molecule has 208 valence electrons. The first-order valence-electron chi connectivity index (χ1n) is 13.0. The summed E-state index contributed by atoms with van der Waals surface area (Å²) < 4.78 is 6.22. The molecule has 0 bridgehead atoms. The van der Waals surface area contributed by atoms with Crippen LogP contribution in [0.4, 0.5) is 10.7 Å². The van der Waals surface area contributed by atoms with Gasteiger partial charge in [-0.2, -0.15) is 0 Å². The number of carbonyl (C=O) groups excluding carboxylic acids is 3. The van der Waals surface area contributed by atoms with E-state index in [-0.39, 0.29) is 12.5 Å². The van der Waals surface area contributed by atoms with Gasteiger partial charge in [0.2, 0.25) is 5.91 Å². The third kappa shape index (κ3) is 5.18.